The lowest BCUT2D eigenvalue weighted by atomic mass is 10.0. The molecule has 1 fully saturated rings. The van der Waals surface area contributed by atoms with E-state index in [0.717, 1.165) is 5.56 Å². The molecule has 1 aliphatic rings. The Balaban J connectivity index is 1.52. The van der Waals surface area contributed by atoms with Gasteiger partial charge < -0.3 is 16.0 Å². The van der Waals surface area contributed by atoms with E-state index in [0.29, 0.717) is 17.8 Å². The van der Waals surface area contributed by atoms with Gasteiger partial charge in [0, 0.05) is 23.5 Å². The number of amides is 3. The van der Waals surface area contributed by atoms with Crippen molar-refractivity contribution in [1.82, 2.24) is 16.2 Å². The predicted molar refractivity (Wildman–Crippen MR) is 106 cm³/mol. The first-order valence-corrected chi connectivity index (χ1v) is 9.05. The highest BCUT2D eigenvalue weighted by Gasteiger charge is 2.29. The largest absolute Gasteiger partial charge is 0.336 e. The molecule has 0 saturated carbocycles. The maximum Gasteiger partial charge on any atom is 0.319 e. The van der Waals surface area contributed by atoms with Crippen molar-refractivity contribution in [2.75, 3.05) is 10.6 Å². The lowest BCUT2D eigenvalue weighted by Gasteiger charge is -2.12. The number of hydrogen-bond acceptors (Lipinski definition) is 4. The number of rotatable bonds is 5. The topological polar surface area (TPSA) is 94.3 Å². The van der Waals surface area contributed by atoms with E-state index in [1.165, 1.54) is 0 Å². The summed E-state index contributed by atoms with van der Waals surface area (Å²) in [6.45, 7) is 3.79. The first-order chi connectivity index (χ1) is 13.0. The summed E-state index contributed by atoms with van der Waals surface area (Å²) in [7, 11) is 0. The summed E-state index contributed by atoms with van der Waals surface area (Å²) < 4.78 is 0. The van der Waals surface area contributed by atoms with Crippen molar-refractivity contribution in [2.45, 2.75) is 38.4 Å². The van der Waals surface area contributed by atoms with Crippen LogP contribution in [0.15, 0.2) is 54.6 Å². The van der Waals surface area contributed by atoms with Gasteiger partial charge in [0.25, 0.3) is 0 Å². The average Bonchev–Trinajstić information content (AvgIpc) is 3.14. The van der Waals surface area contributed by atoms with Gasteiger partial charge in [-0.1, -0.05) is 30.3 Å². The summed E-state index contributed by atoms with van der Waals surface area (Å²) in [5.41, 5.74) is 8.72. The molecule has 0 aromatic heterocycles. The zero-order chi connectivity index (χ0) is 19.2. The van der Waals surface area contributed by atoms with Crippen molar-refractivity contribution < 1.29 is 9.59 Å². The molecule has 2 aromatic carbocycles. The number of nitrogens with one attached hydrogen (secondary N) is 5. The van der Waals surface area contributed by atoms with Gasteiger partial charge >= 0.3 is 6.03 Å². The monoisotopic (exact) mass is 367 g/mol. The molecule has 0 radical (unpaired) electrons. The standard InChI is InChI=1S/C20H25N5O2/c1-13(2)21-20(27)23-16-10-8-15(9-11-16)22-19(26)18-12-17(24-25-18)14-6-4-3-5-7-14/h3-11,13,17-18,24-25H,12H2,1-2H3,(H,22,26)(H2,21,23,27). The Kier molecular flexibility index (Phi) is 6.05. The quantitative estimate of drug-likeness (QED) is 0.562. The second-order valence-electron chi connectivity index (χ2n) is 6.86. The number of anilines is 2. The van der Waals surface area contributed by atoms with Crippen molar-refractivity contribution in [3.8, 4) is 0 Å². The van der Waals surface area contributed by atoms with Crippen LogP contribution in [-0.2, 0) is 4.79 Å². The number of hydrazine groups is 1. The summed E-state index contributed by atoms with van der Waals surface area (Å²) in [5.74, 6) is -0.0980. The minimum Gasteiger partial charge on any atom is -0.336 e. The Hall–Kier alpha value is -2.90. The van der Waals surface area contributed by atoms with Crippen LogP contribution in [-0.4, -0.2) is 24.0 Å². The van der Waals surface area contributed by atoms with Gasteiger partial charge in [-0.2, -0.15) is 0 Å². The van der Waals surface area contributed by atoms with Crippen molar-refractivity contribution in [1.29, 1.82) is 0 Å². The van der Waals surface area contributed by atoms with Gasteiger partial charge in [0.2, 0.25) is 5.91 Å². The van der Waals surface area contributed by atoms with E-state index in [-0.39, 0.29) is 30.1 Å². The first kappa shape index (κ1) is 18.9. The zero-order valence-corrected chi connectivity index (χ0v) is 15.5. The van der Waals surface area contributed by atoms with Gasteiger partial charge in [-0.25, -0.2) is 15.6 Å². The van der Waals surface area contributed by atoms with Crippen LogP contribution in [0.25, 0.3) is 0 Å². The first-order valence-electron chi connectivity index (χ1n) is 9.05. The Labute approximate surface area is 158 Å². The molecule has 0 spiro atoms. The van der Waals surface area contributed by atoms with E-state index < -0.39 is 0 Å². The lowest BCUT2D eigenvalue weighted by Crippen LogP contribution is -2.39. The fraction of sp³-hybridized carbons (Fsp3) is 0.300. The smallest absolute Gasteiger partial charge is 0.319 e. The Bertz CT molecular complexity index is 777. The fourth-order valence-electron chi connectivity index (χ4n) is 2.93. The SMILES string of the molecule is CC(C)NC(=O)Nc1ccc(NC(=O)C2CC(c3ccccc3)NN2)cc1. The van der Waals surface area contributed by atoms with Gasteiger partial charge in [0.05, 0.1) is 0 Å². The molecule has 5 N–H and O–H groups in total. The minimum absolute atomic E-state index is 0.0656. The highest BCUT2D eigenvalue weighted by atomic mass is 16.2. The van der Waals surface area contributed by atoms with E-state index in [2.05, 4.69) is 26.8 Å². The van der Waals surface area contributed by atoms with Crippen LogP contribution in [0, 0.1) is 0 Å². The second-order valence-corrected chi connectivity index (χ2v) is 6.86. The van der Waals surface area contributed by atoms with Crippen molar-refractivity contribution in [2.24, 2.45) is 0 Å². The summed E-state index contributed by atoms with van der Waals surface area (Å²) in [4.78, 5) is 24.2. The van der Waals surface area contributed by atoms with E-state index in [1.807, 2.05) is 44.2 Å². The highest BCUT2D eigenvalue weighted by Crippen LogP contribution is 2.23. The van der Waals surface area contributed by atoms with Gasteiger partial charge in [-0.3, -0.25) is 4.79 Å². The molecule has 1 saturated heterocycles. The second kappa shape index (κ2) is 8.66. The van der Waals surface area contributed by atoms with Crippen molar-refractivity contribution >= 4 is 23.3 Å². The summed E-state index contributed by atoms with van der Waals surface area (Å²) in [6.07, 6.45) is 0.671. The molecule has 0 bridgehead atoms. The van der Waals surface area contributed by atoms with E-state index in [1.54, 1.807) is 24.3 Å². The van der Waals surface area contributed by atoms with Crippen LogP contribution in [0.2, 0.25) is 0 Å². The molecule has 1 heterocycles. The number of carbonyl (C=O) groups is 2. The van der Waals surface area contributed by atoms with Gasteiger partial charge in [-0.15, -0.1) is 0 Å². The summed E-state index contributed by atoms with van der Waals surface area (Å²) >= 11 is 0. The third-order valence-electron chi connectivity index (χ3n) is 4.25. The molecule has 2 atom stereocenters. The van der Waals surface area contributed by atoms with Gasteiger partial charge in [0.1, 0.15) is 6.04 Å². The van der Waals surface area contributed by atoms with Crippen LogP contribution < -0.4 is 26.8 Å². The van der Waals surface area contributed by atoms with E-state index >= 15 is 0 Å². The van der Waals surface area contributed by atoms with Crippen LogP contribution in [0.5, 0.6) is 0 Å². The molecule has 3 rings (SSSR count). The number of hydrogen-bond donors (Lipinski definition) is 5. The summed E-state index contributed by atoms with van der Waals surface area (Å²) in [6, 6.07) is 16.7. The van der Waals surface area contributed by atoms with Crippen LogP contribution in [0.4, 0.5) is 16.2 Å². The normalized spacial score (nSPS) is 18.9. The molecular weight excluding hydrogens is 342 g/mol. The zero-order valence-electron chi connectivity index (χ0n) is 15.5. The molecule has 2 aromatic rings. The Morgan fingerprint density at radius 1 is 0.926 bits per heavy atom. The molecule has 27 heavy (non-hydrogen) atoms. The van der Waals surface area contributed by atoms with Crippen LogP contribution in [0.1, 0.15) is 31.9 Å². The number of carbonyl (C=O) groups excluding carboxylic acids is 2. The number of benzene rings is 2. The third kappa shape index (κ3) is 5.29. The van der Waals surface area contributed by atoms with Gasteiger partial charge in [-0.05, 0) is 50.1 Å². The van der Waals surface area contributed by atoms with Crippen LogP contribution in [0.3, 0.4) is 0 Å². The van der Waals surface area contributed by atoms with Crippen molar-refractivity contribution in [3.63, 3.8) is 0 Å². The summed E-state index contributed by atoms with van der Waals surface area (Å²) in [5, 5.41) is 8.40. The predicted octanol–water partition coefficient (Wildman–Crippen LogP) is 2.76. The number of urea groups is 1. The van der Waals surface area contributed by atoms with Crippen molar-refractivity contribution in [3.05, 3.63) is 60.2 Å². The lowest BCUT2D eigenvalue weighted by molar-refractivity contribution is -0.117. The maximum atomic E-state index is 12.5. The molecule has 142 valence electrons. The average molecular weight is 367 g/mol. The van der Waals surface area contributed by atoms with E-state index in [4.69, 9.17) is 0 Å². The molecule has 7 nitrogen and oxygen atoms in total. The molecule has 0 aliphatic carbocycles. The minimum atomic E-state index is -0.315. The molecule has 7 heteroatoms. The molecule has 1 aliphatic heterocycles. The maximum absolute atomic E-state index is 12.5. The van der Waals surface area contributed by atoms with E-state index in [9.17, 15) is 9.59 Å². The molecule has 3 amide bonds. The third-order valence-corrected chi connectivity index (χ3v) is 4.25. The molecule has 2 unspecified atom stereocenters. The van der Waals surface area contributed by atoms with Gasteiger partial charge in [0.15, 0.2) is 0 Å². The highest BCUT2D eigenvalue weighted by molar-refractivity contribution is 5.95. The van der Waals surface area contributed by atoms with Crippen LogP contribution >= 0.6 is 0 Å². The Morgan fingerprint density at radius 3 is 2.19 bits per heavy atom. The molecular formula is C20H25N5O2. The Morgan fingerprint density at radius 2 is 1.56 bits per heavy atom. The fourth-order valence-corrected chi connectivity index (χ4v) is 2.93.